The van der Waals surface area contributed by atoms with Gasteiger partial charge in [0.2, 0.25) is 0 Å². The number of hydrogen-bond donors (Lipinski definition) is 0. The van der Waals surface area contributed by atoms with E-state index in [1.807, 2.05) is 0 Å². The Labute approximate surface area is 91.7 Å². The molecule has 7 nitrogen and oxygen atoms in total. The van der Waals surface area contributed by atoms with Crippen molar-refractivity contribution in [2.24, 2.45) is 0 Å². The van der Waals surface area contributed by atoms with Gasteiger partial charge in [-0.3, -0.25) is 19.2 Å². The maximum atomic E-state index is 11.6. The summed E-state index contributed by atoms with van der Waals surface area (Å²) in [7, 11) is -1.37. The average Bonchev–Trinajstić information content (AvgIpc) is 2.29. The van der Waals surface area contributed by atoms with Gasteiger partial charge >= 0.3 is 7.82 Å². The molecule has 0 N–H and O–H groups in total. The lowest BCUT2D eigenvalue weighted by Gasteiger charge is -2.13. The third kappa shape index (κ3) is 3.03. The van der Waals surface area contributed by atoms with E-state index in [2.05, 4.69) is 9.05 Å². The number of rotatable bonds is 5. The normalized spacial score (nSPS) is 11.1. The van der Waals surface area contributed by atoms with E-state index in [1.165, 1.54) is 18.2 Å². The van der Waals surface area contributed by atoms with Crippen LogP contribution in [0.4, 0.5) is 5.69 Å². The van der Waals surface area contributed by atoms with Crippen molar-refractivity contribution in [1.29, 1.82) is 0 Å². The zero-order chi connectivity index (χ0) is 12.2. The molecule has 0 saturated carbocycles. The second kappa shape index (κ2) is 5.07. The summed E-state index contributed by atoms with van der Waals surface area (Å²) in [6.07, 6.45) is 0. The van der Waals surface area contributed by atoms with Crippen LogP contribution in [0.5, 0.6) is 5.75 Å². The summed E-state index contributed by atoms with van der Waals surface area (Å²) in [6.45, 7) is 0. The van der Waals surface area contributed by atoms with Gasteiger partial charge in [0.1, 0.15) is 5.75 Å². The van der Waals surface area contributed by atoms with Crippen LogP contribution in [0.3, 0.4) is 0 Å². The molecule has 0 bridgehead atoms. The van der Waals surface area contributed by atoms with Crippen LogP contribution in [0.2, 0.25) is 0 Å². The number of nitro benzene ring substituents is 1. The molecular formula is C8H10NO6P. The Morgan fingerprint density at radius 1 is 1.31 bits per heavy atom. The molecule has 0 saturated heterocycles. The third-order valence-corrected chi connectivity index (χ3v) is 3.02. The van der Waals surface area contributed by atoms with Gasteiger partial charge in [-0.25, -0.2) is 4.57 Å². The summed E-state index contributed by atoms with van der Waals surface area (Å²) in [5.41, 5.74) is -0.170. The van der Waals surface area contributed by atoms with E-state index >= 15 is 0 Å². The Morgan fingerprint density at radius 3 is 2.44 bits per heavy atom. The molecule has 0 atom stereocenters. The molecule has 0 aromatic heterocycles. The van der Waals surface area contributed by atoms with Gasteiger partial charge in [-0.1, -0.05) is 6.07 Å². The van der Waals surface area contributed by atoms with E-state index in [9.17, 15) is 14.7 Å². The van der Waals surface area contributed by atoms with Crippen molar-refractivity contribution in [1.82, 2.24) is 0 Å². The van der Waals surface area contributed by atoms with Gasteiger partial charge in [0.05, 0.1) is 11.0 Å². The van der Waals surface area contributed by atoms with Crippen LogP contribution in [0.1, 0.15) is 0 Å². The molecule has 88 valence electrons. The van der Waals surface area contributed by atoms with Crippen molar-refractivity contribution in [3.05, 3.63) is 34.4 Å². The SMILES string of the molecule is COP(=O)(OC)Oc1cccc([N+](=O)[O-])c1. The Kier molecular flexibility index (Phi) is 4.00. The van der Waals surface area contributed by atoms with E-state index in [4.69, 9.17) is 4.52 Å². The zero-order valence-corrected chi connectivity index (χ0v) is 9.55. The molecule has 0 heterocycles. The highest BCUT2D eigenvalue weighted by Crippen LogP contribution is 2.47. The van der Waals surface area contributed by atoms with E-state index in [0.29, 0.717) is 0 Å². The van der Waals surface area contributed by atoms with Gasteiger partial charge in [-0.2, -0.15) is 0 Å². The monoisotopic (exact) mass is 247 g/mol. The first-order chi connectivity index (χ1) is 7.50. The maximum Gasteiger partial charge on any atom is 0.529 e. The van der Waals surface area contributed by atoms with Crippen LogP contribution in [0, 0.1) is 10.1 Å². The summed E-state index contributed by atoms with van der Waals surface area (Å²) in [5.74, 6) is 0.0428. The maximum absolute atomic E-state index is 11.6. The van der Waals surface area contributed by atoms with Crippen molar-refractivity contribution in [3.63, 3.8) is 0 Å². The minimum Gasteiger partial charge on any atom is -0.404 e. The summed E-state index contributed by atoms with van der Waals surface area (Å²) >= 11 is 0. The van der Waals surface area contributed by atoms with Crippen LogP contribution in [0.25, 0.3) is 0 Å². The second-order valence-electron chi connectivity index (χ2n) is 2.66. The van der Waals surface area contributed by atoms with Crippen LogP contribution in [-0.4, -0.2) is 19.1 Å². The fourth-order valence-corrected chi connectivity index (χ4v) is 1.60. The molecule has 1 aromatic rings. The van der Waals surface area contributed by atoms with Gasteiger partial charge in [-0.15, -0.1) is 0 Å². The van der Waals surface area contributed by atoms with Gasteiger partial charge in [0, 0.05) is 20.3 Å². The quantitative estimate of drug-likeness (QED) is 0.451. The number of phosphoric acid groups is 1. The van der Waals surface area contributed by atoms with Crippen molar-refractivity contribution >= 4 is 13.5 Å². The van der Waals surface area contributed by atoms with Gasteiger partial charge in [-0.05, 0) is 6.07 Å². The lowest BCUT2D eigenvalue weighted by molar-refractivity contribution is -0.384. The lowest BCUT2D eigenvalue weighted by atomic mass is 10.3. The molecule has 8 heteroatoms. The first-order valence-corrected chi connectivity index (χ1v) is 5.62. The van der Waals surface area contributed by atoms with Crippen LogP contribution in [0.15, 0.2) is 24.3 Å². The zero-order valence-electron chi connectivity index (χ0n) is 8.65. The molecule has 0 aliphatic rings. The molecule has 0 radical (unpaired) electrons. The van der Waals surface area contributed by atoms with E-state index < -0.39 is 12.7 Å². The molecule has 0 spiro atoms. The van der Waals surface area contributed by atoms with Crippen LogP contribution < -0.4 is 4.52 Å². The number of hydrogen-bond acceptors (Lipinski definition) is 6. The Balaban J connectivity index is 2.93. The Hall–Kier alpha value is -1.43. The highest BCUT2D eigenvalue weighted by atomic mass is 31.2. The largest absolute Gasteiger partial charge is 0.529 e. The predicted molar refractivity (Wildman–Crippen MR) is 55.3 cm³/mol. The second-order valence-corrected chi connectivity index (χ2v) is 4.47. The Bertz CT molecular complexity index is 426. The van der Waals surface area contributed by atoms with Crippen LogP contribution in [-0.2, 0) is 13.6 Å². The summed E-state index contributed by atoms with van der Waals surface area (Å²) < 4.78 is 25.5. The fraction of sp³-hybridized carbons (Fsp3) is 0.250. The first-order valence-electron chi connectivity index (χ1n) is 4.16. The molecule has 0 aliphatic heterocycles. The number of phosphoric ester groups is 1. The molecular weight excluding hydrogens is 237 g/mol. The molecule has 1 aromatic carbocycles. The minimum atomic E-state index is -3.68. The van der Waals surface area contributed by atoms with E-state index in [0.717, 1.165) is 20.3 Å². The topological polar surface area (TPSA) is 87.9 Å². The smallest absolute Gasteiger partial charge is 0.404 e. The summed E-state index contributed by atoms with van der Waals surface area (Å²) in [4.78, 5) is 9.89. The van der Waals surface area contributed by atoms with Gasteiger partial charge < -0.3 is 4.52 Å². The number of benzene rings is 1. The predicted octanol–water partition coefficient (Wildman–Crippen LogP) is 2.37. The highest BCUT2D eigenvalue weighted by Gasteiger charge is 2.25. The van der Waals surface area contributed by atoms with Crippen molar-refractivity contribution in [2.75, 3.05) is 14.2 Å². The van der Waals surface area contributed by atoms with E-state index in [1.54, 1.807) is 0 Å². The lowest BCUT2D eigenvalue weighted by Crippen LogP contribution is -1.97. The number of non-ortho nitro benzene ring substituents is 1. The van der Waals surface area contributed by atoms with Gasteiger partial charge in [0.15, 0.2) is 0 Å². The third-order valence-electron chi connectivity index (χ3n) is 1.69. The minimum absolute atomic E-state index is 0.0428. The Morgan fingerprint density at radius 2 is 1.94 bits per heavy atom. The molecule has 16 heavy (non-hydrogen) atoms. The molecule has 0 unspecified atom stereocenters. The summed E-state index contributed by atoms with van der Waals surface area (Å²) in [5, 5.41) is 10.5. The van der Waals surface area contributed by atoms with Crippen molar-refractivity contribution in [3.8, 4) is 5.75 Å². The average molecular weight is 247 g/mol. The first kappa shape index (κ1) is 12.6. The number of nitro groups is 1. The number of nitrogens with zero attached hydrogens (tertiary/aromatic N) is 1. The van der Waals surface area contributed by atoms with Crippen molar-refractivity contribution < 1.29 is 23.1 Å². The molecule has 1 rings (SSSR count). The van der Waals surface area contributed by atoms with Gasteiger partial charge in [0.25, 0.3) is 5.69 Å². The molecule has 0 aliphatic carbocycles. The van der Waals surface area contributed by atoms with Crippen LogP contribution >= 0.6 is 7.82 Å². The highest BCUT2D eigenvalue weighted by molar-refractivity contribution is 7.48. The molecule has 0 fully saturated rings. The fourth-order valence-electron chi connectivity index (χ4n) is 0.932. The standard InChI is InChI=1S/C8H10NO6P/c1-13-16(12,14-2)15-8-5-3-4-7(6-8)9(10)11/h3-6H,1-2H3. The van der Waals surface area contributed by atoms with E-state index in [-0.39, 0.29) is 11.4 Å². The molecule has 0 amide bonds. The summed E-state index contributed by atoms with van der Waals surface area (Å²) in [6, 6.07) is 5.24. The van der Waals surface area contributed by atoms with Crippen molar-refractivity contribution in [2.45, 2.75) is 0 Å².